The number of para-hydroxylation sites is 1. The van der Waals surface area contributed by atoms with Crippen molar-refractivity contribution in [2.45, 2.75) is 19.8 Å². The van der Waals surface area contributed by atoms with Crippen LogP contribution in [0.25, 0.3) is 17.3 Å². The van der Waals surface area contributed by atoms with E-state index < -0.39 is 5.91 Å². The molecule has 1 N–H and O–H groups in total. The van der Waals surface area contributed by atoms with Gasteiger partial charge in [0.05, 0.1) is 10.2 Å². The largest absolute Gasteiger partial charge is 0.321 e. The molecule has 4 rings (SSSR count). The molecule has 0 aliphatic rings. The van der Waals surface area contributed by atoms with Gasteiger partial charge in [0.2, 0.25) is 0 Å². The number of carbonyl (C=O) groups is 1. The lowest BCUT2D eigenvalue weighted by Crippen LogP contribution is -2.32. The van der Waals surface area contributed by atoms with E-state index in [-0.39, 0.29) is 15.8 Å². The summed E-state index contributed by atoms with van der Waals surface area (Å²) in [7, 11) is 0. The second kappa shape index (κ2) is 10.7. The van der Waals surface area contributed by atoms with Gasteiger partial charge in [-0.25, -0.2) is 0 Å². The number of benzene rings is 3. The maximum atomic E-state index is 13.5. The van der Waals surface area contributed by atoms with E-state index in [1.807, 2.05) is 72.8 Å². The number of nitrogens with zero attached hydrogens (tertiary/aromatic N) is 2. The fraction of sp³-hybridized carbons (Fsp3) is 0.107. The molecule has 0 spiro atoms. The molecule has 1 aromatic heterocycles. The quantitative estimate of drug-likeness (QED) is 0.388. The maximum absolute atomic E-state index is 13.5. The second-order valence-electron chi connectivity index (χ2n) is 8.16. The van der Waals surface area contributed by atoms with Gasteiger partial charge >= 0.3 is 0 Å². The Hall–Kier alpha value is -3.73. The molecule has 0 aliphatic heterocycles. The highest BCUT2D eigenvalue weighted by Gasteiger charge is 2.17. The van der Waals surface area contributed by atoms with Gasteiger partial charge in [-0.1, -0.05) is 72.2 Å². The molecule has 0 aliphatic carbocycles. The fourth-order valence-corrected chi connectivity index (χ4v) is 5.07. The number of amides is 1. The molecule has 174 valence electrons. The third kappa shape index (κ3) is 5.51. The number of nitriles is 1. The van der Waals surface area contributed by atoms with Crippen molar-refractivity contribution < 1.29 is 4.79 Å². The molecule has 1 heterocycles. The molecule has 0 saturated carbocycles. The lowest BCUT2D eigenvalue weighted by Gasteiger charge is -2.08. The van der Waals surface area contributed by atoms with Crippen LogP contribution in [-0.4, -0.2) is 10.5 Å². The summed E-state index contributed by atoms with van der Waals surface area (Å²) in [4.78, 5) is 26.6. The Morgan fingerprint density at radius 1 is 1.06 bits per heavy atom. The monoisotopic (exact) mass is 543 g/mol. The predicted octanol–water partition coefficient (Wildman–Crippen LogP) is 4.93. The lowest BCUT2D eigenvalue weighted by molar-refractivity contribution is -0.111. The van der Waals surface area contributed by atoms with Crippen LogP contribution in [0.1, 0.15) is 30.9 Å². The van der Waals surface area contributed by atoms with Crippen molar-refractivity contribution in [1.82, 2.24) is 4.57 Å². The first-order valence-electron chi connectivity index (χ1n) is 11.0. The summed E-state index contributed by atoms with van der Waals surface area (Å²) in [6.07, 6.45) is 1.76. The highest BCUT2D eigenvalue weighted by Crippen LogP contribution is 2.18. The molecule has 0 atom stereocenters. The Morgan fingerprint density at radius 3 is 2.40 bits per heavy atom. The van der Waals surface area contributed by atoms with Crippen molar-refractivity contribution in [2.75, 3.05) is 5.32 Å². The topological polar surface area (TPSA) is 74.9 Å². The van der Waals surface area contributed by atoms with Gasteiger partial charge in [0.1, 0.15) is 10.7 Å². The van der Waals surface area contributed by atoms with E-state index in [4.69, 9.17) is 0 Å². The Labute approximate surface area is 215 Å². The van der Waals surface area contributed by atoms with E-state index in [1.165, 1.54) is 4.57 Å². The SMILES string of the molecule is CC(C)c1ccc(NC(=O)C(C#N)=c2sc(=Cc3cccc(Br)c3)c(=O)n2-c2ccccc2)cc1. The molecule has 4 aromatic rings. The zero-order chi connectivity index (χ0) is 24.9. The predicted molar refractivity (Wildman–Crippen MR) is 145 cm³/mol. The van der Waals surface area contributed by atoms with Crippen molar-refractivity contribution in [3.63, 3.8) is 0 Å². The number of rotatable bonds is 5. The average Bonchev–Trinajstić information content (AvgIpc) is 3.15. The fourth-order valence-electron chi connectivity index (χ4n) is 3.55. The minimum Gasteiger partial charge on any atom is -0.321 e. The van der Waals surface area contributed by atoms with E-state index in [9.17, 15) is 14.9 Å². The van der Waals surface area contributed by atoms with Gasteiger partial charge in [-0.15, -0.1) is 11.3 Å². The molecule has 0 fully saturated rings. The molecule has 0 bridgehead atoms. The van der Waals surface area contributed by atoms with Crippen molar-refractivity contribution in [1.29, 1.82) is 5.26 Å². The van der Waals surface area contributed by atoms with E-state index in [0.29, 0.717) is 21.8 Å². The van der Waals surface area contributed by atoms with Crippen molar-refractivity contribution in [3.05, 3.63) is 114 Å². The van der Waals surface area contributed by atoms with Gasteiger partial charge in [-0.2, -0.15) is 5.26 Å². The Morgan fingerprint density at radius 2 is 1.77 bits per heavy atom. The summed E-state index contributed by atoms with van der Waals surface area (Å²) in [6.45, 7) is 4.19. The van der Waals surface area contributed by atoms with Crippen LogP contribution in [0.15, 0.2) is 88.1 Å². The molecule has 35 heavy (non-hydrogen) atoms. The first kappa shape index (κ1) is 24.4. The number of carbonyl (C=O) groups excluding carboxylic acids is 1. The number of hydrogen-bond acceptors (Lipinski definition) is 4. The number of nitrogens with one attached hydrogen (secondary N) is 1. The molecule has 0 radical (unpaired) electrons. The summed E-state index contributed by atoms with van der Waals surface area (Å²) >= 11 is 4.57. The van der Waals surface area contributed by atoms with E-state index in [0.717, 1.165) is 26.9 Å². The molecule has 0 saturated heterocycles. The normalized spacial score (nSPS) is 12.4. The summed E-state index contributed by atoms with van der Waals surface area (Å²) < 4.78 is 3.01. The lowest BCUT2D eigenvalue weighted by atomic mass is 10.0. The Bertz CT molecular complexity index is 1600. The minimum atomic E-state index is -0.565. The van der Waals surface area contributed by atoms with Crippen molar-refractivity contribution in [3.8, 4) is 11.8 Å². The summed E-state index contributed by atoms with van der Waals surface area (Å²) in [6, 6.07) is 26.1. The number of aromatic nitrogens is 1. The van der Waals surface area contributed by atoms with Crippen LogP contribution in [0.4, 0.5) is 5.69 Å². The average molecular weight is 544 g/mol. The molecular formula is C28H22BrN3O2S. The third-order valence-electron chi connectivity index (χ3n) is 5.37. The number of anilines is 1. The summed E-state index contributed by atoms with van der Waals surface area (Å²) in [5, 5.41) is 12.8. The summed E-state index contributed by atoms with van der Waals surface area (Å²) in [5.41, 5.74) is 2.72. The molecule has 3 aromatic carbocycles. The molecular weight excluding hydrogens is 522 g/mol. The Kier molecular flexibility index (Phi) is 7.45. The second-order valence-corrected chi connectivity index (χ2v) is 10.1. The van der Waals surface area contributed by atoms with Crippen LogP contribution in [0.3, 0.4) is 0 Å². The molecule has 5 nitrogen and oxygen atoms in total. The van der Waals surface area contributed by atoms with Crippen LogP contribution in [0, 0.1) is 11.3 Å². The van der Waals surface area contributed by atoms with Crippen LogP contribution >= 0.6 is 27.3 Å². The van der Waals surface area contributed by atoms with Crippen molar-refractivity contribution >= 4 is 50.5 Å². The first-order valence-corrected chi connectivity index (χ1v) is 12.6. The zero-order valence-electron chi connectivity index (χ0n) is 19.2. The van der Waals surface area contributed by atoms with Crippen LogP contribution < -0.4 is 20.1 Å². The highest BCUT2D eigenvalue weighted by atomic mass is 79.9. The van der Waals surface area contributed by atoms with Crippen molar-refractivity contribution in [2.24, 2.45) is 0 Å². The van der Waals surface area contributed by atoms with Gasteiger partial charge in [0, 0.05) is 10.2 Å². The smallest absolute Gasteiger partial charge is 0.273 e. The third-order valence-corrected chi connectivity index (χ3v) is 6.96. The van der Waals surface area contributed by atoms with Gasteiger partial charge in [-0.3, -0.25) is 14.2 Å². The highest BCUT2D eigenvalue weighted by molar-refractivity contribution is 9.10. The van der Waals surface area contributed by atoms with E-state index in [1.54, 1.807) is 18.2 Å². The maximum Gasteiger partial charge on any atom is 0.273 e. The Balaban J connectivity index is 1.88. The van der Waals surface area contributed by atoms with Crippen LogP contribution in [0.5, 0.6) is 0 Å². The number of thiazole rings is 1. The van der Waals surface area contributed by atoms with Crippen LogP contribution in [-0.2, 0) is 4.79 Å². The standard InChI is InChI=1S/C28H22BrN3O2S/c1-18(2)20-11-13-22(14-12-20)31-26(33)24(17-30)28-32(23-9-4-3-5-10-23)27(34)25(35-28)16-19-7-6-8-21(29)15-19/h3-16,18H,1-2H3,(H,31,33). The minimum absolute atomic E-state index is 0.127. The number of halogens is 1. The van der Waals surface area contributed by atoms with Gasteiger partial charge < -0.3 is 5.32 Å². The molecule has 1 amide bonds. The molecule has 0 unspecified atom stereocenters. The van der Waals surface area contributed by atoms with E-state index in [2.05, 4.69) is 35.1 Å². The number of hydrogen-bond donors (Lipinski definition) is 1. The van der Waals surface area contributed by atoms with Gasteiger partial charge in [-0.05, 0) is 59.5 Å². The van der Waals surface area contributed by atoms with E-state index >= 15 is 0 Å². The molecule has 7 heteroatoms. The van der Waals surface area contributed by atoms with Gasteiger partial charge in [0.15, 0.2) is 5.57 Å². The summed E-state index contributed by atoms with van der Waals surface area (Å²) in [5.74, 6) is -0.197. The van der Waals surface area contributed by atoms with Crippen LogP contribution in [0.2, 0.25) is 0 Å². The zero-order valence-corrected chi connectivity index (χ0v) is 21.6. The first-order chi connectivity index (χ1) is 16.9. The van der Waals surface area contributed by atoms with Gasteiger partial charge in [0.25, 0.3) is 11.5 Å².